The maximum Gasteiger partial charge on any atom is 0.322 e. The Morgan fingerprint density at radius 3 is 2.55 bits per heavy atom. The number of benzene rings is 1. The van der Waals surface area contributed by atoms with Crippen LogP contribution in [-0.2, 0) is 12.8 Å². The lowest BCUT2D eigenvalue weighted by Crippen LogP contribution is -2.39. The van der Waals surface area contributed by atoms with E-state index in [2.05, 4.69) is 11.4 Å². The van der Waals surface area contributed by atoms with Crippen molar-refractivity contribution in [3.8, 4) is 0 Å². The van der Waals surface area contributed by atoms with Crippen LogP contribution in [0.5, 0.6) is 0 Å². The Labute approximate surface area is 119 Å². The summed E-state index contributed by atoms with van der Waals surface area (Å²) < 4.78 is 0. The molecule has 2 amide bonds. The Morgan fingerprint density at radius 2 is 1.85 bits per heavy atom. The number of aliphatic hydroxyl groups is 2. The molecule has 0 bridgehead atoms. The number of rotatable bonds is 5. The smallest absolute Gasteiger partial charge is 0.322 e. The Morgan fingerprint density at radius 1 is 1.15 bits per heavy atom. The van der Waals surface area contributed by atoms with E-state index in [0.29, 0.717) is 0 Å². The predicted octanol–water partition coefficient (Wildman–Crippen LogP) is 1.38. The quantitative estimate of drug-likeness (QED) is 0.762. The Bertz CT molecular complexity index is 456. The van der Waals surface area contributed by atoms with Crippen LogP contribution in [0.1, 0.15) is 24.0 Å². The van der Waals surface area contributed by atoms with Crippen LogP contribution in [0.3, 0.4) is 0 Å². The van der Waals surface area contributed by atoms with E-state index in [1.54, 1.807) is 0 Å². The number of carbonyl (C=O) groups excluding carboxylic acids is 1. The lowest BCUT2D eigenvalue weighted by Gasteiger charge is -2.24. The van der Waals surface area contributed by atoms with E-state index >= 15 is 0 Å². The van der Waals surface area contributed by atoms with Gasteiger partial charge in [-0.15, -0.1) is 0 Å². The minimum absolute atomic E-state index is 0.111. The molecule has 5 heteroatoms. The van der Waals surface area contributed by atoms with Gasteiger partial charge in [0.2, 0.25) is 0 Å². The molecular formula is C15H22N2O3. The van der Waals surface area contributed by atoms with Crippen LogP contribution in [0, 0.1) is 0 Å². The van der Waals surface area contributed by atoms with Crippen LogP contribution in [0.15, 0.2) is 18.2 Å². The predicted molar refractivity (Wildman–Crippen MR) is 77.8 cm³/mol. The molecule has 0 radical (unpaired) electrons. The molecule has 0 spiro atoms. The molecule has 0 aromatic heterocycles. The van der Waals surface area contributed by atoms with E-state index in [-0.39, 0.29) is 32.3 Å². The van der Waals surface area contributed by atoms with Crippen molar-refractivity contribution in [3.63, 3.8) is 0 Å². The van der Waals surface area contributed by atoms with E-state index in [1.165, 1.54) is 22.4 Å². The van der Waals surface area contributed by atoms with Crippen molar-refractivity contribution in [2.24, 2.45) is 0 Å². The molecular weight excluding hydrogens is 256 g/mol. The van der Waals surface area contributed by atoms with Crippen LogP contribution in [0.25, 0.3) is 0 Å². The highest BCUT2D eigenvalue weighted by Crippen LogP contribution is 2.27. The molecule has 0 fully saturated rings. The largest absolute Gasteiger partial charge is 0.395 e. The number of amides is 2. The zero-order valence-corrected chi connectivity index (χ0v) is 11.6. The third-order valence-corrected chi connectivity index (χ3v) is 3.66. The molecule has 1 aliphatic rings. The molecule has 0 unspecified atom stereocenters. The normalized spacial score (nSPS) is 13.7. The fourth-order valence-corrected chi connectivity index (χ4v) is 2.65. The van der Waals surface area contributed by atoms with E-state index in [1.807, 2.05) is 12.1 Å². The summed E-state index contributed by atoms with van der Waals surface area (Å²) in [5, 5.41) is 20.8. The zero-order chi connectivity index (χ0) is 14.4. The number of anilines is 1. The van der Waals surface area contributed by atoms with Gasteiger partial charge in [0.25, 0.3) is 0 Å². The molecule has 0 heterocycles. The molecule has 2 rings (SSSR count). The van der Waals surface area contributed by atoms with E-state index in [4.69, 9.17) is 10.2 Å². The van der Waals surface area contributed by atoms with Crippen molar-refractivity contribution in [2.45, 2.75) is 25.7 Å². The average Bonchev–Trinajstić information content (AvgIpc) is 2.47. The van der Waals surface area contributed by atoms with Gasteiger partial charge in [0.15, 0.2) is 0 Å². The topological polar surface area (TPSA) is 72.8 Å². The summed E-state index contributed by atoms with van der Waals surface area (Å²) in [7, 11) is 0. The van der Waals surface area contributed by atoms with Crippen molar-refractivity contribution >= 4 is 11.7 Å². The first-order valence-electron chi connectivity index (χ1n) is 7.14. The number of hydrogen-bond acceptors (Lipinski definition) is 3. The average molecular weight is 278 g/mol. The SMILES string of the molecule is O=C(Nc1cccc2c1CCCC2)N(CCO)CCO. The van der Waals surface area contributed by atoms with Gasteiger partial charge < -0.3 is 20.4 Å². The van der Waals surface area contributed by atoms with Gasteiger partial charge in [-0.1, -0.05) is 12.1 Å². The molecule has 3 N–H and O–H groups in total. The Balaban J connectivity index is 2.10. The van der Waals surface area contributed by atoms with Gasteiger partial charge in [-0.3, -0.25) is 0 Å². The molecule has 0 aliphatic heterocycles. The van der Waals surface area contributed by atoms with Gasteiger partial charge in [0.05, 0.1) is 13.2 Å². The van der Waals surface area contributed by atoms with Gasteiger partial charge in [0.1, 0.15) is 0 Å². The van der Waals surface area contributed by atoms with Crippen molar-refractivity contribution in [3.05, 3.63) is 29.3 Å². The molecule has 110 valence electrons. The van der Waals surface area contributed by atoms with Crippen molar-refractivity contribution in [2.75, 3.05) is 31.6 Å². The van der Waals surface area contributed by atoms with Crippen LogP contribution >= 0.6 is 0 Å². The van der Waals surface area contributed by atoms with Crippen LogP contribution in [-0.4, -0.2) is 47.4 Å². The fourth-order valence-electron chi connectivity index (χ4n) is 2.65. The fraction of sp³-hybridized carbons (Fsp3) is 0.533. The number of fused-ring (bicyclic) bond motifs is 1. The Kier molecular flexibility index (Phi) is 5.38. The second-order valence-electron chi connectivity index (χ2n) is 5.01. The summed E-state index contributed by atoms with van der Waals surface area (Å²) in [6.45, 7) is 0.226. The standard InChI is InChI=1S/C15H22N2O3/c18-10-8-17(9-11-19)15(20)16-14-7-3-5-12-4-1-2-6-13(12)14/h3,5,7,18-19H,1-2,4,6,8-11H2,(H,16,20). The second kappa shape index (κ2) is 7.26. The van der Waals surface area contributed by atoms with Crippen LogP contribution < -0.4 is 5.32 Å². The summed E-state index contributed by atoms with van der Waals surface area (Å²) in [4.78, 5) is 13.6. The van der Waals surface area contributed by atoms with Crippen LogP contribution in [0.4, 0.5) is 10.5 Å². The number of carbonyl (C=O) groups is 1. The Hall–Kier alpha value is -1.59. The van der Waals surface area contributed by atoms with E-state index in [9.17, 15) is 4.79 Å². The number of aliphatic hydroxyl groups excluding tert-OH is 2. The summed E-state index contributed by atoms with van der Waals surface area (Å²) in [5.41, 5.74) is 3.39. The van der Waals surface area contributed by atoms with Gasteiger partial charge >= 0.3 is 6.03 Å². The molecule has 5 nitrogen and oxygen atoms in total. The number of hydrogen-bond donors (Lipinski definition) is 3. The maximum absolute atomic E-state index is 12.2. The summed E-state index contributed by atoms with van der Waals surface area (Å²) >= 11 is 0. The molecule has 0 saturated heterocycles. The molecule has 0 atom stereocenters. The summed E-state index contributed by atoms with van der Waals surface area (Å²) in [5.74, 6) is 0. The second-order valence-corrected chi connectivity index (χ2v) is 5.01. The minimum Gasteiger partial charge on any atom is -0.395 e. The third-order valence-electron chi connectivity index (χ3n) is 3.66. The number of nitrogens with one attached hydrogen (secondary N) is 1. The lowest BCUT2D eigenvalue weighted by atomic mass is 9.90. The monoisotopic (exact) mass is 278 g/mol. The molecule has 1 aromatic rings. The third kappa shape index (κ3) is 3.49. The maximum atomic E-state index is 12.2. The molecule has 1 aliphatic carbocycles. The molecule has 0 saturated carbocycles. The number of nitrogens with zero attached hydrogens (tertiary/aromatic N) is 1. The first kappa shape index (κ1) is 14.8. The minimum atomic E-state index is -0.271. The number of urea groups is 1. The summed E-state index contributed by atoms with van der Waals surface area (Å²) in [6, 6.07) is 5.72. The number of aryl methyl sites for hydroxylation is 1. The first-order chi connectivity index (χ1) is 9.76. The van der Waals surface area contributed by atoms with Gasteiger partial charge in [-0.05, 0) is 42.9 Å². The molecule has 1 aromatic carbocycles. The van der Waals surface area contributed by atoms with Crippen molar-refractivity contribution in [1.29, 1.82) is 0 Å². The first-order valence-corrected chi connectivity index (χ1v) is 7.14. The van der Waals surface area contributed by atoms with E-state index < -0.39 is 0 Å². The van der Waals surface area contributed by atoms with Gasteiger partial charge in [0, 0.05) is 18.8 Å². The lowest BCUT2D eigenvalue weighted by molar-refractivity contribution is 0.167. The molecule has 20 heavy (non-hydrogen) atoms. The van der Waals surface area contributed by atoms with Crippen LogP contribution in [0.2, 0.25) is 0 Å². The highest BCUT2D eigenvalue weighted by Gasteiger charge is 2.17. The van der Waals surface area contributed by atoms with Crippen molar-refractivity contribution in [1.82, 2.24) is 4.90 Å². The van der Waals surface area contributed by atoms with Gasteiger partial charge in [-0.25, -0.2) is 4.79 Å². The highest BCUT2D eigenvalue weighted by molar-refractivity contribution is 5.90. The van der Waals surface area contributed by atoms with Gasteiger partial charge in [-0.2, -0.15) is 0 Å². The van der Waals surface area contributed by atoms with E-state index in [0.717, 1.165) is 24.9 Å². The van der Waals surface area contributed by atoms with Crippen molar-refractivity contribution < 1.29 is 15.0 Å². The highest BCUT2D eigenvalue weighted by atomic mass is 16.3. The zero-order valence-electron chi connectivity index (χ0n) is 11.6. The summed E-state index contributed by atoms with van der Waals surface area (Å²) in [6.07, 6.45) is 4.41.